The molecule has 0 saturated heterocycles. The highest BCUT2D eigenvalue weighted by atomic mass is 32.2. The third-order valence-electron chi connectivity index (χ3n) is 4.53. The molecule has 4 rings (SSSR count). The lowest BCUT2D eigenvalue weighted by atomic mass is 10.1. The number of carbonyl (C=O) groups is 1. The molecule has 158 valence electrons. The number of nitrogen functional groups attached to an aromatic ring is 1. The average molecular weight is 438 g/mol. The van der Waals surface area contributed by atoms with Crippen LogP contribution in [-0.4, -0.2) is 45.0 Å². The summed E-state index contributed by atoms with van der Waals surface area (Å²) in [7, 11) is 2.89. The van der Waals surface area contributed by atoms with Crippen LogP contribution in [0.4, 0.5) is 0 Å². The van der Waals surface area contributed by atoms with Gasteiger partial charge in [0.05, 0.1) is 36.4 Å². The van der Waals surface area contributed by atoms with E-state index in [1.54, 1.807) is 13.2 Å². The zero-order valence-electron chi connectivity index (χ0n) is 16.7. The largest absolute Gasteiger partial charge is 0.497 e. The van der Waals surface area contributed by atoms with Gasteiger partial charge in [-0.05, 0) is 42.5 Å². The first-order valence-corrected chi connectivity index (χ1v) is 10.1. The van der Waals surface area contributed by atoms with Crippen molar-refractivity contribution in [2.45, 2.75) is 10.9 Å². The maximum absolute atomic E-state index is 12.4. The minimum Gasteiger partial charge on any atom is -0.497 e. The number of aromatic amines is 1. The number of thioether (sulfide) groups is 1. The molecule has 31 heavy (non-hydrogen) atoms. The maximum atomic E-state index is 12.4. The molecule has 0 radical (unpaired) electrons. The number of nitrogens with zero attached hydrogens (tertiary/aromatic N) is 4. The SMILES string of the molecule is COC(=O)c1ccc2c(=O)[nH]c(CSc3nnc(-c4ccc(OC)cc4)n3N)nc2c1. The second kappa shape index (κ2) is 8.48. The fourth-order valence-corrected chi connectivity index (χ4v) is 3.67. The van der Waals surface area contributed by atoms with E-state index in [4.69, 9.17) is 15.3 Å². The van der Waals surface area contributed by atoms with Crippen molar-refractivity contribution in [1.82, 2.24) is 24.8 Å². The standard InChI is InChI=1S/C20H18N6O4S/c1-29-13-6-3-11(4-7-13)17-24-25-20(26(17)21)31-10-16-22-15-9-12(19(28)30-2)5-8-14(15)18(27)23-16/h3-9H,10,21H2,1-2H3,(H,22,23,27). The first kappa shape index (κ1) is 20.4. The molecule has 2 aromatic heterocycles. The Labute approximate surface area is 180 Å². The van der Waals surface area contributed by atoms with E-state index in [0.29, 0.717) is 39.0 Å². The molecule has 11 heteroatoms. The van der Waals surface area contributed by atoms with Crippen LogP contribution >= 0.6 is 11.8 Å². The minimum absolute atomic E-state index is 0.297. The number of rotatable bonds is 6. The number of hydrogen-bond donors (Lipinski definition) is 2. The summed E-state index contributed by atoms with van der Waals surface area (Å²) in [5.41, 5.74) is 1.20. The minimum atomic E-state index is -0.498. The van der Waals surface area contributed by atoms with Crippen LogP contribution in [0.3, 0.4) is 0 Å². The molecule has 0 amide bonds. The van der Waals surface area contributed by atoms with Crippen LogP contribution in [0.1, 0.15) is 16.2 Å². The summed E-state index contributed by atoms with van der Waals surface area (Å²) in [6.07, 6.45) is 0. The fourth-order valence-electron chi connectivity index (χ4n) is 2.95. The predicted molar refractivity (Wildman–Crippen MR) is 115 cm³/mol. The second-order valence-corrected chi connectivity index (χ2v) is 7.37. The summed E-state index contributed by atoms with van der Waals surface area (Å²) in [5.74, 6) is 7.59. The lowest BCUT2D eigenvalue weighted by Gasteiger charge is -2.06. The molecule has 2 aromatic carbocycles. The van der Waals surface area contributed by atoms with Gasteiger partial charge in [-0.2, -0.15) is 0 Å². The molecule has 0 aliphatic carbocycles. The first-order valence-electron chi connectivity index (χ1n) is 9.09. The number of methoxy groups -OCH3 is 2. The molecule has 0 aliphatic heterocycles. The van der Waals surface area contributed by atoms with Gasteiger partial charge in [0, 0.05) is 5.56 Å². The van der Waals surface area contributed by atoms with Crippen LogP contribution in [0, 0.1) is 0 Å². The third-order valence-corrected chi connectivity index (χ3v) is 5.48. The highest BCUT2D eigenvalue weighted by molar-refractivity contribution is 7.98. The number of nitrogens with one attached hydrogen (secondary N) is 1. The third kappa shape index (κ3) is 4.08. The second-order valence-electron chi connectivity index (χ2n) is 6.43. The monoisotopic (exact) mass is 438 g/mol. The molecule has 3 N–H and O–H groups in total. The normalized spacial score (nSPS) is 10.9. The molecule has 0 bridgehead atoms. The summed E-state index contributed by atoms with van der Waals surface area (Å²) in [4.78, 5) is 31.3. The summed E-state index contributed by atoms with van der Waals surface area (Å²) >= 11 is 1.27. The number of aromatic nitrogens is 5. The number of H-pyrrole nitrogens is 1. The van der Waals surface area contributed by atoms with Gasteiger partial charge in [-0.3, -0.25) is 4.79 Å². The quantitative estimate of drug-likeness (QED) is 0.263. The molecular formula is C20H18N6O4S. The number of fused-ring (bicyclic) bond motifs is 1. The lowest BCUT2D eigenvalue weighted by molar-refractivity contribution is 0.0601. The van der Waals surface area contributed by atoms with Crippen molar-refractivity contribution in [3.63, 3.8) is 0 Å². The summed E-state index contributed by atoms with van der Waals surface area (Å²) in [6.45, 7) is 0. The predicted octanol–water partition coefficient (Wildman–Crippen LogP) is 1.98. The number of benzene rings is 2. The Morgan fingerprint density at radius 2 is 1.94 bits per heavy atom. The van der Waals surface area contributed by atoms with Gasteiger partial charge in [-0.1, -0.05) is 11.8 Å². The highest BCUT2D eigenvalue weighted by Gasteiger charge is 2.14. The van der Waals surface area contributed by atoms with Crippen molar-refractivity contribution >= 4 is 28.6 Å². The Hall–Kier alpha value is -3.86. The molecule has 0 fully saturated rings. The molecule has 0 atom stereocenters. The van der Waals surface area contributed by atoms with Gasteiger partial charge in [-0.25, -0.2) is 14.5 Å². The van der Waals surface area contributed by atoms with Crippen molar-refractivity contribution in [3.8, 4) is 17.1 Å². The number of nitrogens with two attached hydrogens (primary N) is 1. The zero-order valence-corrected chi connectivity index (χ0v) is 17.5. The molecule has 0 spiro atoms. The van der Waals surface area contributed by atoms with Crippen molar-refractivity contribution in [3.05, 3.63) is 64.2 Å². The van der Waals surface area contributed by atoms with Crippen LogP contribution in [-0.2, 0) is 10.5 Å². The Balaban J connectivity index is 1.57. The van der Waals surface area contributed by atoms with Crippen molar-refractivity contribution in [2.75, 3.05) is 20.1 Å². The van der Waals surface area contributed by atoms with Gasteiger partial charge in [-0.15, -0.1) is 10.2 Å². The lowest BCUT2D eigenvalue weighted by Crippen LogP contribution is -2.13. The maximum Gasteiger partial charge on any atom is 0.337 e. The zero-order chi connectivity index (χ0) is 22.0. The van der Waals surface area contributed by atoms with E-state index in [1.807, 2.05) is 24.3 Å². The van der Waals surface area contributed by atoms with Crippen LogP contribution in [0.25, 0.3) is 22.3 Å². The van der Waals surface area contributed by atoms with Gasteiger partial charge in [0.1, 0.15) is 11.6 Å². The van der Waals surface area contributed by atoms with Gasteiger partial charge in [0.25, 0.3) is 5.56 Å². The van der Waals surface area contributed by atoms with Crippen LogP contribution in [0.2, 0.25) is 0 Å². The fraction of sp³-hybridized carbons (Fsp3) is 0.150. The summed E-state index contributed by atoms with van der Waals surface area (Å²) in [6, 6.07) is 11.9. The van der Waals surface area contributed by atoms with Crippen LogP contribution < -0.4 is 16.1 Å². The molecule has 2 heterocycles. The smallest absolute Gasteiger partial charge is 0.337 e. The number of esters is 1. The van der Waals surface area contributed by atoms with E-state index in [0.717, 1.165) is 11.3 Å². The van der Waals surface area contributed by atoms with Crippen LogP contribution in [0.15, 0.2) is 52.4 Å². The van der Waals surface area contributed by atoms with E-state index in [9.17, 15) is 9.59 Å². The Morgan fingerprint density at radius 1 is 1.16 bits per heavy atom. The molecule has 4 aromatic rings. The van der Waals surface area contributed by atoms with E-state index in [1.165, 1.54) is 35.7 Å². The highest BCUT2D eigenvalue weighted by Crippen LogP contribution is 2.25. The first-order chi connectivity index (χ1) is 15.0. The summed E-state index contributed by atoms with van der Waals surface area (Å²) in [5, 5.41) is 9.10. The molecule has 10 nitrogen and oxygen atoms in total. The molecule has 0 aliphatic rings. The number of ether oxygens (including phenoxy) is 2. The van der Waals surface area contributed by atoms with Crippen molar-refractivity contribution in [1.29, 1.82) is 0 Å². The van der Waals surface area contributed by atoms with Crippen molar-refractivity contribution in [2.24, 2.45) is 0 Å². The Bertz CT molecular complexity index is 1320. The van der Waals surface area contributed by atoms with E-state index >= 15 is 0 Å². The van der Waals surface area contributed by atoms with Crippen molar-refractivity contribution < 1.29 is 14.3 Å². The molecule has 0 unspecified atom stereocenters. The van der Waals surface area contributed by atoms with E-state index in [2.05, 4.69) is 20.2 Å². The van der Waals surface area contributed by atoms with Crippen LogP contribution in [0.5, 0.6) is 5.75 Å². The average Bonchev–Trinajstić information content (AvgIpc) is 3.17. The van der Waals surface area contributed by atoms with Gasteiger partial charge in [0.15, 0.2) is 5.82 Å². The van der Waals surface area contributed by atoms with E-state index in [-0.39, 0.29) is 5.56 Å². The van der Waals surface area contributed by atoms with Gasteiger partial charge >= 0.3 is 5.97 Å². The van der Waals surface area contributed by atoms with Gasteiger partial charge in [0.2, 0.25) is 5.16 Å². The molecule has 0 saturated carbocycles. The topological polar surface area (TPSA) is 138 Å². The van der Waals surface area contributed by atoms with Gasteiger partial charge < -0.3 is 20.3 Å². The van der Waals surface area contributed by atoms with E-state index < -0.39 is 5.97 Å². The summed E-state index contributed by atoms with van der Waals surface area (Å²) < 4.78 is 11.3. The molecular weight excluding hydrogens is 420 g/mol. The Kier molecular flexibility index (Phi) is 5.58. The Morgan fingerprint density at radius 3 is 2.65 bits per heavy atom. The number of hydrogen-bond acceptors (Lipinski definition) is 9. The number of carbonyl (C=O) groups excluding carboxylic acids is 1.